The monoisotopic (exact) mass is 466 g/mol. The second kappa shape index (κ2) is 7.39. The molecule has 2 aliphatic heterocycles. The van der Waals surface area contributed by atoms with E-state index in [4.69, 9.17) is 18.9 Å². The van der Waals surface area contributed by atoms with Gasteiger partial charge in [0.05, 0.1) is 32.0 Å². The topological polar surface area (TPSA) is 77.4 Å². The van der Waals surface area contributed by atoms with Gasteiger partial charge in [-0.25, -0.2) is 0 Å². The zero-order valence-electron chi connectivity index (χ0n) is 20.3. The summed E-state index contributed by atoms with van der Waals surface area (Å²) in [5.41, 5.74) is -1.65. The Balaban J connectivity index is 0.00000228. The molecule has 0 bridgehead atoms. The fourth-order valence-electron chi connectivity index (χ4n) is 10.3. The Morgan fingerprint density at radius 1 is 0.758 bits per heavy atom. The van der Waals surface area contributed by atoms with Crippen LogP contribution in [0.25, 0.3) is 0 Å². The van der Waals surface area contributed by atoms with Crippen LogP contribution in [-0.4, -0.2) is 59.4 Å². The van der Waals surface area contributed by atoms with Gasteiger partial charge in [-0.1, -0.05) is 28.2 Å². The quantitative estimate of drug-likeness (QED) is 0.555. The van der Waals surface area contributed by atoms with Gasteiger partial charge in [0.25, 0.3) is 0 Å². The van der Waals surface area contributed by atoms with Crippen molar-refractivity contribution in [2.75, 3.05) is 26.4 Å². The molecule has 6 unspecified atom stereocenters. The molecule has 4 aliphatic carbocycles. The molecular weight excluding hydrogens is 420 g/mol. The summed E-state index contributed by atoms with van der Waals surface area (Å²) in [7, 11) is 0. The third kappa shape index (κ3) is 2.88. The Morgan fingerprint density at radius 3 is 2.12 bits per heavy atom. The van der Waals surface area contributed by atoms with E-state index >= 15 is 0 Å². The maximum atomic E-state index is 12.1. The van der Waals surface area contributed by atoms with E-state index in [9.17, 15) is 10.2 Å². The molecule has 4 saturated carbocycles. The van der Waals surface area contributed by atoms with Crippen molar-refractivity contribution in [2.24, 2.45) is 34.5 Å². The predicted molar refractivity (Wildman–Crippen MR) is 124 cm³/mol. The molecule has 190 valence electrons. The van der Waals surface area contributed by atoms with Crippen molar-refractivity contribution in [3.8, 4) is 0 Å². The summed E-state index contributed by atoms with van der Waals surface area (Å²) < 4.78 is 24.5. The van der Waals surface area contributed by atoms with E-state index in [2.05, 4.69) is 20.8 Å². The first-order valence-electron chi connectivity index (χ1n) is 13.0. The van der Waals surface area contributed by atoms with Gasteiger partial charge in [0.2, 0.25) is 0 Å². The van der Waals surface area contributed by atoms with Gasteiger partial charge in [-0.2, -0.15) is 0 Å². The number of fused-ring (bicyclic) bond motifs is 6. The SMILES string of the molecule is C.CC1CC2(C)[C@@H](CC[C@@]23OCCOC3(C)O)C2CCC3(O)CC4(CCC3(C)[C@@H]12)OCCO4. The molecule has 2 heterocycles. The zero-order valence-corrected chi connectivity index (χ0v) is 20.3. The lowest BCUT2D eigenvalue weighted by molar-refractivity contribution is -0.375. The molecule has 0 amide bonds. The first-order valence-corrected chi connectivity index (χ1v) is 13.0. The van der Waals surface area contributed by atoms with Crippen LogP contribution in [0.5, 0.6) is 0 Å². The molecule has 2 spiro atoms. The van der Waals surface area contributed by atoms with Crippen LogP contribution in [0.15, 0.2) is 0 Å². The Morgan fingerprint density at radius 2 is 1.42 bits per heavy atom. The van der Waals surface area contributed by atoms with Gasteiger partial charge in [-0.3, -0.25) is 0 Å². The van der Waals surface area contributed by atoms with E-state index in [0.717, 1.165) is 44.9 Å². The molecular formula is C27H46O6. The molecule has 6 nitrogen and oxygen atoms in total. The second-order valence-corrected chi connectivity index (χ2v) is 12.7. The Labute approximate surface area is 199 Å². The average molecular weight is 467 g/mol. The summed E-state index contributed by atoms with van der Waals surface area (Å²) in [6.07, 6.45) is 7.17. The summed E-state index contributed by atoms with van der Waals surface area (Å²) in [4.78, 5) is 0. The van der Waals surface area contributed by atoms with Crippen LogP contribution in [0.2, 0.25) is 0 Å². The lowest BCUT2D eigenvalue weighted by Crippen LogP contribution is -2.70. The van der Waals surface area contributed by atoms with Crippen molar-refractivity contribution in [1.29, 1.82) is 0 Å². The summed E-state index contributed by atoms with van der Waals surface area (Å²) in [5.74, 6) is 0.0881. The molecule has 6 fully saturated rings. The zero-order chi connectivity index (χ0) is 22.6. The van der Waals surface area contributed by atoms with Crippen molar-refractivity contribution < 1.29 is 29.2 Å². The van der Waals surface area contributed by atoms with Crippen LogP contribution in [0.3, 0.4) is 0 Å². The van der Waals surface area contributed by atoms with E-state index in [1.165, 1.54) is 0 Å². The molecule has 0 radical (unpaired) electrons. The minimum absolute atomic E-state index is 0. The number of hydrogen-bond acceptors (Lipinski definition) is 6. The minimum Gasteiger partial charge on any atom is -0.389 e. The van der Waals surface area contributed by atoms with Crippen molar-refractivity contribution >= 4 is 0 Å². The number of aliphatic hydroxyl groups is 2. The molecule has 0 aromatic carbocycles. The third-order valence-corrected chi connectivity index (χ3v) is 11.5. The first kappa shape index (κ1) is 24.5. The molecule has 9 atom stereocenters. The van der Waals surface area contributed by atoms with Crippen molar-refractivity contribution in [1.82, 2.24) is 0 Å². The second-order valence-electron chi connectivity index (χ2n) is 12.7. The lowest BCUT2D eigenvalue weighted by atomic mass is 9.40. The lowest BCUT2D eigenvalue weighted by Gasteiger charge is -2.68. The van der Waals surface area contributed by atoms with Crippen LogP contribution in [0.1, 0.15) is 86.5 Å². The van der Waals surface area contributed by atoms with Crippen molar-refractivity contribution in [2.45, 2.75) is 109 Å². The molecule has 0 aromatic rings. The molecule has 2 saturated heterocycles. The first-order chi connectivity index (χ1) is 15.0. The maximum absolute atomic E-state index is 12.1. The van der Waals surface area contributed by atoms with Gasteiger partial charge in [0.1, 0.15) is 5.60 Å². The van der Waals surface area contributed by atoms with Gasteiger partial charge < -0.3 is 29.2 Å². The summed E-state index contributed by atoms with van der Waals surface area (Å²) in [6, 6.07) is 0. The molecule has 0 aromatic heterocycles. The van der Waals surface area contributed by atoms with Crippen LogP contribution in [0, 0.1) is 34.5 Å². The molecule has 2 N–H and O–H groups in total. The van der Waals surface area contributed by atoms with E-state index in [1.807, 2.05) is 6.92 Å². The molecule has 6 heteroatoms. The number of ether oxygens (including phenoxy) is 4. The smallest absolute Gasteiger partial charge is 0.192 e. The Bertz CT molecular complexity index is 779. The molecule has 33 heavy (non-hydrogen) atoms. The standard InChI is InChI=1S/C26H42O6.CH4/c1-17-15-22(3)19(6-8-26(22)23(4,27)29-11-14-32-26)18-5-7-24(28)16-25(30-12-13-31-25)10-9-21(24,2)20(17)18;/h17-20,27-28H,5-16H2,1-4H3;1H4/t17?,18?,19-,20-,21?,22?,23?,24?,26+;/m0./s1. The average Bonchev–Trinajstić information content (AvgIpc) is 3.28. The van der Waals surface area contributed by atoms with Crippen LogP contribution >= 0.6 is 0 Å². The Hall–Kier alpha value is -0.240. The van der Waals surface area contributed by atoms with Crippen molar-refractivity contribution in [3.05, 3.63) is 0 Å². The highest BCUT2D eigenvalue weighted by atomic mass is 16.7. The van der Waals surface area contributed by atoms with Crippen LogP contribution < -0.4 is 0 Å². The van der Waals surface area contributed by atoms with Gasteiger partial charge in [-0.15, -0.1) is 0 Å². The summed E-state index contributed by atoms with van der Waals surface area (Å²) in [5, 5.41) is 23.5. The van der Waals surface area contributed by atoms with E-state index in [-0.39, 0.29) is 18.3 Å². The predicted octanol–water partition coefficient (Wildman–Crippen LogP) is 4.26. The largest absolute Gasteiger partial charge is 0.389 e. The van der Waals surface area contributed by atoms with Crippen LogP contribution in [0.4, 0.5) is 0 Å². The van der Waals surface area contributed by atoms with E-state index < -0.39 is 22.8 Å². The highest BCUT2D eigenvalue weighted by molar-refractivity contribution is 5.21. The normalized spacial score (nSPS) is 57.3. The van der Waals surface area contributed by atoms with Gasteiger partial charge >= 0.3 is 0 Å². The van der Waals surface area contributed by atoms with E-state index in [0.29, 0.717) is 56.5 Å². The summed E-state index contributed by atoms with van der Waals surface area (Å²) in [6.45, 7) is 11.2. The van der Waals surface area contributed by atoms with Crippen LogP contribution in [-0.2, 0) is 18.9 Å². The van der Waals surface area contributed by atoms with Gasteiger partial charge in [-0.05, 0) is 69.1 Å². The fraction of sp³-hybridized carbons (Fsp3) is 1.00. The minimum atomic E-state index is -1.25. The number of hydrogen-bond donors (Lipinski definition) is 2. The fourth-order valence-corrected chi connectivity index (χ4v) is 10.3. The molecule has 6 rings (SSSR count). The highest BCUT2D eigenvalue weighted by Gasteiger charge is 2.74. The molecule has 6 aliphatic rings. The van der Waals surface area contributed by atoms with Gasteiger partial charge in [0.15, 0.2) is 11.6 Å². The summed E-state index contributed by atoms with van der Waals surface area (Å²) >= 11 is 0. The third-order valence-electron chi connectivity index (χ3n) is 11.5. The van der Waals surface area contributed by atoms with Crippen molar-refractivity contribution in [3.63, 3.8) is 0 Å². The van der Waals surface area contributed by atoms with Gasteiger partial charge in [0, 0.05) is 23.7 Å². The van der Waals surface area contributed by atoms with E-state index in [1.54, 1.807) is 0 Å². The Kier molecular flexibility index (Phi) is 5.48. The highest BCUT2D eigenvalue weighted by Crippen LogP contribution is 2.73. The number of rotatable bonds is 0. The maximum Gasteiger partial charge on any atom is 0.192 e.